The molecule has 1 aromatic carbocycles. The van der Waals surface area contributed by atoms with Crippen LogP contribution in [0.5, 0.6) is 0 Å². The van der Waals surface area contributed by atoms with Crippen molar-refractivity contribution in [3.63, 3.8) is 0 Å². The van der Waals surface area contributed by atoms with Crippen molar-refractivity contribution in [1.29, 1.82) is 0 Å². The number of hydrogen-bond donors (Lipinski definition) is 2. The zero-order valence-electron chi connectivity index (χ0n) is 14.9. The van der Waals surface area contributed by atoms with Gasteiger partial charge in [0.2, 0.25) is 5.91 Å². The highest BCUT2D eigenvalue weighted by molar-refractivity contribution is 7.13. The number of nitrogens with one attached hydrogen (secondary N) is 2. The van der Waals surface area contributed by atoms with Crippen molar-refractivity contribution >= 4 is 17.2 Å². The van der Waals surface area contributed by atoms with Crippen molar-refractivity contribution in [2.24, 2.45) is 5.41 Å². The molecule has 1 fully saturated rings. The van der Waals surface area contributed by atoms with E-state index in [4.69, 9.17) is 0 Å². The Balaban J connectivity index is 1.32. The maximum absolute atomic E-state index is 12.8. The van der Waals surface area contributed by atoms with Gasteiger partial charge >= 0.3 is 0 Å². The van der Waals surface area contributed by atoms with Gasteiger partial charge in [-0.2, -0.15) is 0 Å². The summed E-state index contributed by atoms with van der Waals surface area (Å²) in [5.41, 5.74) is 1.81. The molecule has 1 amide bonds. The number of hydrogen-bond acceptors (Lipinski definition) is 6. The zero-order valence-corrected chi connectivity index (χ0v) is 15.7. The van der Waals surface area contributed by atoms with E-state index in [2.05, 4.69) is 37.7 Å². The fourth-order valence-corrected chi connectivity index (χ4v) is 4.00. The number of aromatic nitrogens is 3. The van der Waals surface area contributed by atoms with Crippen LogP contribution in [-0.4, -0.2) is 40.5 Å². The molecule has 2 N–H and O–H groups in total. The van der Waals surface area contributed by atoms with Gasteiger partial charge in [-0.05, 0) is 18.1 Å². The lowest BCUT2D eigenvalue weighted by Gasteiger charge is -2.41. The number of carbonyl (C=O) groups is 1. The molecule has 6 nitrogen and oxygen atoms in total. The summed E-state index contributed by atoms with van der Waals surface area (Å²) >= 11 is 1.53. The third-order valence-corrected chi connectivity index (χ3v) is 5.66. The van der Waals surface area contributed by atoms with Crippen LogP contribution in [0.25, 0.3) is 10.8 Å². The topological polar surface area (TPSA) is 79.8 Å². The van der Waals surface area contributed by atoms with E-state index in [0.717, 1.165) is 30.2 Å². The van der Waals surface area contributed by atoms with E-state index in [1.165, 1.54) is 16.9 Å². The molecule has 0 unspecified atom stereocenters. The molecule has 0 atom stereocenters. The van der Waals surface area contributed by atoms with E-state index in [9.17, 15) is 4.79 Å². The Morgan fingerprint density at radius 1 is 1.15 bits per heavy atom. The molecule has 0 radical (unpaired) electrons. The molecule has 7 heteroatoms. The Morgan fingerprint density at radius 3 is 2.63 bits per heavy atom. The van der Waals surface area contributed by atoms with Gasteiger partial charge in [-0.1, -0.05) is 30.3 Å². The molecule has 2 aromatic heterocycles. The third kappa shape index (κ3) is 4.04. The number of benzene rings is 1. The van der Waals surface area contributed by atoms with Gasteiger partial charge in [0.15, 0.2) is 10.8 Å². The highest BCUT2D eigenvalue weighted by Crippen LogP contribution is 2.28. The van der Waals surface area contributed by atoms with Gasteiger partial charge in [-0.15, -0.1) is 11.3 Å². The maximum Gasteiger partial charge on any atom is 0.229 e. The third-order valence-electron chi connectivity index (χ3n) is 4.77. The first-order valence-electron chi connectivity index (χ1n) is 9.00. The van der Waals surface area contributed by atoms with Crippen molar-refractivity contribution in [2.45, 2.75) is 12.8 Å². The van der Waals surface area contributed by atoms with Crippen molar-refractivity contribution in [3.8, 4) is 10.8 Å². The van der Waals surface area contributed by atoms with Crippen LogP contribution in [0.3, 0.4) is 0 Å². The average Bonchev–Trinajstić information content (AvgIpc) is 3.15. The number of carbonyl (C=O) groups excluding carboxylic acids is 1. The van der Waals surface area contributed by atoms with Gasteiger partial charge in [0, 0.05) is 43.8 Å². The van der Waals surface area contributed by atoms with E-state index in [0.29, 0.717) is 18.8 Å². The van der Waals surface area contributed by atoms with Crippen LogP contribution < -0.4 is 10.6 Å². The molecule has 27 heavy (non-hydrogen) atoms. The molecule has 4 rings (SSSR count). The molecule has 1 aliphatic heterocycles. The number of thiazole rings is 1. The van der Waals surface area contributed by atoms with Crippen LogP contribution in [0.1, 0.15) is 11.3 Å². The quantitative estimate of drug-likeness (QED) is 0.657. The first-order chi connectivity index (χ1) is 13.3. The second kappa shape index (κ2) is 7.94. The van der Waals surface area contributed by atoms with E-state index in [-0.39, 0.29) is 11.3 Å². The fraction of sp³-hybridized carbons (Fsp3) is 0.300. The van der Waals surface area contributed by atoms with E-state index in [1.54, 1.807) is 18.5 Å². The molecule has 0 saturated carbocycles. The normalized spacial score (nSPS) is 15.1. The van der Waals surface area contributed by atoms with Gasteiger partial charge in [0.25, 0.3) is 0 Å². The second-order valence-electron chi connectivity index (χ2n) is 6.77. The average molecular weight is 379 g/mol. The minimum absolute atomic E-state index is 0.118. The van der Waals surface area contributed by atoms with Crippen LogP contribution in [0.2, 0.25) is 0 Å². The Labute approximate surface area is 162 Å². The molecular formula is C20H21N5OS. The van der Waals surface area contributed by atoms with E-state index >= 15 is 0 Å². The summed E-state index contributed by atoms with van der Waals surface area (Å²) in [6.07, 6.45) is 4.88. The van der Waals surface area contributed by atoms with Crippen LogP contribution >= 0.6 is 11.3 Å². The summed E-state index contributed by atoms with van der Waals surface area (Å²) in [5, 5.41) is 9.15. The van der Waals surface area contributed by atoms with Gasteiger partial charge in [0.05, 0.1) is 11.1 Å². The summed E-state index contributed by atoms with van der Waals surface area (Å²) in [6, 6.07) is 12.0. The first kappa shape index (κ1) is 17.8. The standard InChI is InChI=1S/C20H21N5OS/c26-19(20(13-21-14-20)11-15-5-2-1-3-6-15)24-10-7-16-12-27-18(25-16)17-22-8-4-9-23-17/h1-6,8-9,12,21H,7,10-11,13-14H2,(H,24,26). The number of amides is 1. The van der Waals surface area contributed by atoms with Gasteiger partial charge in [0.1, 0.15) is 0 Å². The largest absolute Gasteiger partial charge is 0.355 e. The molecule has 3 heterocycles. The predicted molar refractivity (Wildman–Crippen MR) is 105 cm³/mol. The lowest BCUT2D eigenvalue weighted by molar-refractivity contribution is -0.133. The number of rotatable bonds is 7. The minimum Gasteiger partial charge on any atom is -0.355 e. The Hall–Kier alpha value is -2.64. The van der Waals surface area contributed by atoms with Crippen LogP contribution in [-0.2, 0) is 17.6 Å². The highest BCUT2D eigenvalue weighted by Gasteiger charge is 2.43. The summed E-state index contributed by atoms with van der Waals surface area (Å²) in [4.78, 5) is 25.8. The molecule has 0 aliphatic carbocycles. The van der Waals surface area contributed by atoms with Crippen molar-refractivity contribution in [3.05, 3.63) is 65.4 Å². The molecular weight excluding hydrogens is 358 g/mol. The smallest absolute Gasteiger partial charge is 0.229 e. The SMILES string of the molecule is O=C(NCCc1csc(-c2ncccn2)n1)C1(Cc2ccccc2)CNC1. The molecule has 3 aromatic rings. The van der Waals surface area contributed by atoms with Gasteiger partial charge in [-0.25, -0.2) is 15.0 Å². The number of nitrogens with zero attached hydrogens (tertiary/aromatic N) is 3. The zero-order chi connectivity index (χ0) is 18.5. The molecule has 1 aliphatic rings. The van der Waals surface area contributed by atoms with E-state index in [1.807, 2.05) is 23.6 Å². The molecule has 138 valence electrons. The van der Waals surface area contributed by atoms with Crippen molar-refractivity contribution in [1.82, 2.24) is 25.6 Å². The molecule has 0 bridgehead atoms. The van der Waals surface area contributed by atoms with E-state index < -0.39 is 0 Å². The summed E-state index contributed by atoms with van der Waals surface area (Å²) < 4.78 is 0. The second-order valence-corrected chi connectivity index (χ2v) is 7.63. The van der Waals surface area contributed by atoms with Gasteiger partial charge < -0.3 is 10.6 Å². The molecule has 1 saturated heterocycles. The van der Waals surface area contributed by atoms with Crippen LogP contribution in [0, 0.1) is 5.41 Å². The Kier molecular flexibility index (Phi) is 5.22. The summed E-state index contributed by atoms with van der Waals surface area (Å²) in [6.45, 7) is 2.02. The lowest BCUT2D eigenvalue weighted by atomic mass is 9.75. The highest BCUT2D eigenvalue weighted by atomic mass is 32.1. The van der Waals surface area contributed by atoms with Gasteiger partial charge in [-0.3, -0.25) is 4.79 Å². The van der Waals surface area contributed by atoms with Crippen LogP contribution in [0.15, 0.2) is 54.2 Å². The Morgan fingerprint density at radius 2 is 1.93 bits per heavy atom. The monoisotopic (exact) mass is 379 g/mol. The predicted octanol–water partition coefficient (Wildman–Crippen LogP) is 2.09. The summed E-state index contributed by atoms with van der Waals surface area (Å²) in [7, 11) is 0. The van der Waals surface area contributed by atoms with Crippen molar-refractivity contribution < 1.29 is 4.79 Å². The van der Waals surface area contributed by atoms with Crippen LogP contribution in [0.4, 0.5) is 0 Å². The lowest BCUT2D eigenvalue weighted by Crippen LogP contribution is -2.62. The minimum atomic E-state index is -0.341. The fourth-order valence-electron chi connectivity index (χ4n) is 3.20. The first-order valence-corrected chi connectivity index (χ1v) is 9.88. The maximum atomic E-state index is 12.8. The Bertz CT molecular complexity index is 893. The van der Waals surface area contributed by atoms with Crippen molar-refractivity contribution in [2.75, 3.05) is 19.6 Å². The summed E-state index contributed by atoms with van der Waals surface area (Å²) in [5.74, 6) is 0.757. The molecule has 0 spiro atoms.